The molecule has 5 rings (SSSR count). The van der Waals surface area contributed by atoms with Gasteiger partial charge in [-0.15, -0.1) is 0 Å². The minimum absolute atomic E-state index is 0.509. The summed E-state index contributed by atoms with van der Waals surface area (Å²) in [5.74, 6) is 2.63. The van der Waals surface area contributed by atoms with Crippen LogP contribution in [0.5, 0.6) is 23.1 Å². The highest BCUT2D eigenvalue weighted by Gasteiger charge is 2.16. The number of benzene rings is 2. The van der Waals surface area contributed by atoms with Crippen molar-refractivity contribution < 1.29 is 14.2 Å². The van der Waals surface area contributed by atoms with Gasteiger partial charge in [0.05, 0.1) is 24.6 Å². The summed E-state index contributed by atoms with van der Waals surface area (Å²) in [6, 6.07) is 9.88. The Morgan fingerprint density at radius 3 is 2.84 bits per heavy atom. The van der Waals surface area contributed by atoms with E-state index < -0.39 is 0 Å². The van der Waals surface area contributed by atoms with Crippen LogP contribution in [0.2, 0.25) is 0 Å². The molecule has 0 amide bonds. The third-order valence-electron chi connectivity index (χ3n) is 5.96. The standard InChI is InChI=1S/C24H28N4O3/c1-29-22-14-19-21(15-23(22)30-12-4-11-28-9-2-3-10-28)26-16-27-24(19)31-18-5-6-20-17(13-18)7-8-25-20/h5-6,13-16,25H,2-4,7-12H2,1H3. The average molecular weight is 421 g/mol. The van der Waals surface area contributed by atoms with Crippen LogP contribution in [0.1, 0.15) is 24.8 Å². The highest BCUT2D eigenvalue weighted by molar-refractivity contribution is 5.87. The molecular formula is C24H28N4O3. The SMILES string of the molecule is COc1cc2c(Oc3ccc4c(c3)CCN4)ncnc2cc1OCCCN1CCCC1. The van der Waals surface area contributed by atoms with E-state index in [9.17, 15) is 0 Å². The average Bonchev–Trinajstić information content (AvgIpc) is 3.48. The molecule has 7 nitrogen and oxygen atoms in total. The molecule has 0 aliphatic carbocycles. The predicted molar refractivity (Wildman–Crippen MR) is 121 cm³/mol. The Hall–Kier alpha value is -3.06. The number of nitrogens with one attached hydrogen (secondary N) is 1. The van der Waals surface area contributed by atoms with E-state index in [2.05, 4.69) is 32.3 Å². The quantitative estimate of drug-likeness (QED) is 0.546. The van der Waals surface area contributed by atoms with Crippen LogP contribution in [0.3, 0.4) is 0 Å². The van der Waals surface area contributed by atoms with Gasteiger partial charge in [-0.1, -0.05) is 0 Å². The number of rotatable bonds is 8. The van der Waals surface area contributed by atoms with E-state index in [0.29, 0.717) is 24.0 Å². The van der Waals surface area contributed by atoms with E-state index >= 15 is 0 Å². The first-order valence-electron chi connectivity index (χ1n) is 11.0. The monoisotopic (exact) mass is 420 g/mol. The van der Waals surface area contributed by atoms with Crippen LogP contribution >= 0.6 is 0 Å². The number of hydrogen-bond acceptors (Lipinski definition) is 7. The third kappa shape index (κ3) is 4.37. The first kappa shape index (κ1) is 19.9. The number of fused-ring (bicyclic) bond motifs is 2. The van der Waals surface area contributed by atoms with Crippen molar-refractivity contribution in [3.05, 3.63) is 42.2 Å². The summed E-state index contributed by atoms with van der Waals surface area (Å²) in [6.07, 6.45) is 6.14. The van der Waals surface area contributed by atoms with Gasteiger partial charge in [-0.05, 0) is 68.6 Å². The predicted octanol–water partition coefficient (Wildman–Crippen LogP) is 4.26. The maximum atomic E-state index is 6.13. The van der Waals surface area contributed by atoms with Crippen molar-refractivity contribution in [1.82, 2.24) is 14.9 Å². The summed E-state index contributed by atoms with van der Waals surface area (Å²) in [7, 11) is 1.65. The summed E-state index contributed by atoms with van der Waals surface area (Å²) >= 11 is 0. The zero-order valence-electron chi connectivity index (χ0n) is 17.9. The number of anilines is 1. The smallest absolute Gasteiger partial charge is 0.230 e. The van der Waals surface area contributed by atoms with Gasteiger partial charge in [-0.2, -0.15) is 0 Å². The van der Waals surface area contributed by atoms with E-state index in [1.165, 1.54) is 43.5 Å². The molecule has 3 heterocycles. The van der Waals surface area contributed by atoms with Crippen LogP contribution in [0.25, 0.3) is 10.9 Å². The number of nitrogens with zero attached hydrogens (tertiary/aromatic N) is 3. The van der Waals surface area contributed by atoms with Crippen molar-refractivity contribution in [1.29, 1.82) is 0 Å². The van der Waals surface area contributed by atoms with Gasteiger partial charge in [-0.3, -0.25) is 0 Å². The highest BCUT2D eigenvalue weighted by Crippen LogP contribution is 2.37. The van der Waals surface area contributed by atoms with Crippen LogP contribution in [0.15, 0.2) is 36.7 Å². The second kappa shape index (κ2) is 8.98. The summed E-state index contributed by atoms with van der Waals surface area (Å²) in [6.45, 7) is 5.11. The molecule has 1 N–H and O–H groups in total. The summed E-state index contributed by atoms with van der Waals surface area (Å²) < 4.78 is 17.8. The minimum Gasteiger partial charge on any atom is -0.493 e. The molecule has 31 heavy (non-hydrogen) atoms. The maximum absolute atomic E-state index is 6.13. The van der Waals surface area contributed by atoms with Gasteiger partial charge < -0.3 is 24.4 Å². The second-order valence-corrected chi connectivity index (χ2v) is 8.05. The fourth-order valence-corrected chi connectivity index (χ4v) is 4.33. The number of aromatic nitrogens is 2. The molecule has 0 bridgehead atoms. The molecule has 0 radical (unpaired) electrons. The van der Waals surface area contributed by atoms with Crippen LogP contribution < -0.4 is 19.5 Å². The molecule has 2 aliphatic heterocycles. The second-order valence-electron chi connectivity index (χ2n) is 8.05. The Morgan fingerprint density at radius 2 is 1.97 bits per heavy atom. The molecule has 0 atom stereocenters. The Balaban J connectivity index is 1.33. The summed E-state index contributed by atoms with van der Waals surface area (Å²) in [4.78, 5) is 11.3. The normalized spacial score (nSPS) is 15.6. The Morgan fingerprint density at radius 1 is 1.06 bits per heavy atom. The fraction of sp³-hybridized carbons (Fsp3) is 0.417. The number of methoxy groups -OCH3 is 1. The molecule has 0 unspecified atom stereocenters. The van der Waals surface area contributed by atoms with Crippen molar-refractivity contribution in [2.45, 2.75) is 25.7 Å². The Bertz CT molecular complexity index is 1070. The molecule has 0 saturated carbocycles. The molecule has 1 saturated heterocycles. The Labute approximate surface area is 182 Å². The van der Waals surface area contributed by atoms with Crippen molar-refractivity contribution in [3.8, 4) is 23.1 Å². The van der Waals surface area contributed by atoms with Gasteiger partial charge in [-0.25, -0.2) is 9.97 Å². The van der Waals surface area contributed by atoms with Gasteiger partial charge in [0.2, 0.25) is 5.88 Å². The molecule has 1 aromatic heterocycles. The molecule has 2 aromatic carbocycles. The van der Waals surface area contributed by atoms with Crippen molar-refractivity contribution in [2.75, 3.05) is 45.2 Å². The van der Waals surface area contributed by atoms with Crippen molar-refractivity contribution in [2.24, 2.45) is 0 Å². The first-order valence-corrected chi connectivity index (χ1v) is 11.0. The topological polar surface area (TPSA) is 68.7 Å². The number of likely N-dealkylation sites (tertiary alicyclic amines) is 1. The number of hydrogen-bond donors (Lipinski definition) is 1. The fourth-order valence-electron chi connectivity index (χ4n) is 4.33. The largest absolute Gasteiger partial charge is 0.493 e. The van der Waals surface area contributed by atoms with E-state index in [-0.39, 0.29) is 0 Å². The van der Waals surface area contributed by atoms with Crippen LogP contribution in [-0.4, -0.2) is 54.8 Å². The lowest BCUT2D eigenvalue weighted by atomic mass is 10.1. The zero-order valence-corrected chi connectivity index (χ0v) is 17.9. The molecule has 7 heteroatoms. The molecule has 162 valence electrons. The minimum atomic E-state index is 0.509. The third-order valence-corrected chi connectivity index (χ3v) is 5.96. The molecule has 2 aliphatic rings. The number of ether oxygens (including phenoxy) is 3. The van der Waals surface area contributed by atoms with Crippen LogP contribution in [0.4, 0.5) is 5.69 Å². The van der Waals surface area contributed by atoms with Crippen molar-refractivity contribution in [3.63, 3.8) is 0 Å². The van der Waals surface area contributed by atoms with Gasteiger partial charge in [0.25, 0.3) is 0 Å². The lowest BCUT2D eigenvalue weighted by Crippen LogP contribution is -2.21. The molecular weight excluding hydrogens is 392 g/mol. The molecule has 0 spiro atoms. The summed E-state index contributed by atoms with van der Waals surface area (Å²) in [5, 5.41) is 4.16. The summed E-state index contributed by atoms with van der Waals surface area (Å²) in [5.41, 5.74) is 3.20. The molecule has 1 fully saturated rings. The van der Waals surface area contributed by atoms with Gasteiger partial charge in [0, 0.05) is 24.8 Å². The van der Waals surface area contributed by atoms with Gasteiger partial charge in [0.15, 0.2) is 11.5 Å². The van der Waals surface area contributed by atoms with Crippen LogP contribution in [0, 0.1) is 0 Å². The van der Waals surface area contributed by atoms with Gasteiger partial charge >= 0.3 is 0 Å². The van der Waals surface area contributed by atoms with E-state index in [4.69, 9.17) is 14.2 Å². The zero-order chi connectivity index (χ0) is 21.0. The van der Waals surface area contributed by atoms with Gasteiger partial charge in [0.1, 0.15) is 12.1 Å². The molecule has 3 aromatic rings. The van der Waals surface area contributed by atoms with E-state index in [1.807, 2.05) is 18.2 Å². The highest BCUT2D eigenvalue weighted by atomic mass is 16.5. The van der Waals surface area contributed by atoms with E-state index in [0.717, 1.165) is 42.6 Å². The van der Waals surface area contributed by atoms with Crippen LogP contribution in [-0.2, 0) is 6.42 Å². The lowest BCUT2D eigenvalue weighted by Gasteiger charge is -2.16. The first-order chi connectivity index (χ1) is 15.3. The van der Waals surface area contributed by atoms with E-state index in [1.54, 1.807) is 7.11 Å². The Kier molecular flexibility index (Phi) is 5.76. The van der Waals surface area contributed by atoms with Crippen molar-refractivity contribution >= 4 is 16.6 Å². The lowest BCUT2D eigenvalue weighted by molar-refractivity contribution is 0.254. The maximum Gasteiger partial charge on any atom is 0.230 e.